The maximum Gasteiger partial charge on any atom is 0.0558 e. The Kier molecular flexibility index (Phi) is 13.0. The van der Waals surface area contributed by atoms with Crippen molar-refractivity contribution in [3.05, 3.63) is 0 Å². The van der Waals surface area contributed by atoms with Crippen LogP contribution in [0, 0.1) is 0 Å². The largest absolute Gasteiger partial charge is 0.395 e. The van der Waals surface area contributed by atoms with Crippen molar-refractivity contribution >= 4 is 0 Å². The summed E-state index contributed by atoms with van der Waals surface area (Å²) in [5.74, 6) is 0. The van der Waals surface area contributed by atoms with E-state index in [0.29, 0.717) is 26.2 Å². The van der Waals surface area contributed by atoms with Crippen LogP contribution in [0.15, 0.2) is 0 Å². The van der Waals surface area contributed by atoms with Crippen molar-refractivity contribution in [3.8, 4) is 0 Å². The lowest BCUT2D eigenvalue weighted by molar-refractivity contribution is 0.146. The van der Waals surface area contributed by atoms with E-state index in [9.17, 15) is 0 Å². The highest BCUT2D eigenvalue weighted by Gasteiger charge is 2.05. The summed E-state index contributed by atoms with van der Waals surface area (Å²) < 4.78 is 0. The standard InChI is InChI=1S/C12H28N2O4/c15-9-5-13(6-10-16)3-1-2-4-14(7-11-17)8-12-18/h15-18H,1-12H2. The Balaban J connectivity index is 3.66. The molecule has 18 heavy (non-hydrogen) atoms. The second-order valence-electron chi connectivity index (χ2n) is 4.28. The van der Waals surface area contributed by atoms with Crippen molar-refractivity contribution in [2.45, 2.75) is 12.8 Å². The first-order chi connectivity index (χ1) is 8.78. The highest BCUT2D eigenvalue weighted by molar-refractivity contribution is 4.60. The Labute approximate surface area is 109 Å². The van der Waals surface area contributed by atoms with Gasteiger partial charge >= 0.3 is 0 Å². The molecule has 6 nitrogen and oxygen atoms in total. The van der Waals surface area contributed by atoms with Crippen LogP contribution in [-0.4, -0.2) is 95.9 Å². The van der Waals surface area contributed by atoms with Gasteiger partial charge in [0.25, 0.3) is 0 Å². The lowest BCUT2D eigenvalue weighted by Gasteiger charge is -2.22. The maximum absolute atomic E-state index is 8.86. The molecule has 0 heterocycles. The normalized spacial score (nSPS) is 11.7. The van der Waals surface area contributed by atoms with E-state index in [1.165, 1.54) is 0 Å². The smallest absolute Gasteiger partial charge is 0.0558 e. The minimum Gasteiger partial charge on any atom is -0.395 e. The second-order valence-corrected chi connectivity index (χ2v) is 4.28. The fourth-order valence-electron chi connectivity index (χ4n) is 1.91. The Morgan fingerprint density at radius 1 is 0.444 bits per heavy atom. The van der Waals surface area contributed by atoms with Gasteiger partial charge in [0, 0.05) is 26.2 Å². The number of nitrogens with zero attached hydrogens (tertiary/aromatic N) is 2. The predicted molar refractivity (Wildman–Crippen MR) is 70.5 cm³/mol. The second kappa shape index (κ2) is 13.2. The van der Waals surface area contributed by atoms with E-state index in [1.54, 1.807) is 0 Å². The molecule has 6 heteroatoms. The zero-order chi connectivity index (χ0) is 13.6. The maximum atomic E-state index is 8.86. The van der Waals surface area contributed by atoms with Crippen LogP contribution in [-0.2, 0) is 0 Å². The Hall–Kier alpha value is -0.240. The Bertz CT molecular complexity index is 142. The first-order valence-electron chi connectivity index (χ1n) is 6.66. The summed E-state index contributed by atoms with van der Waals surface area (Å²) in [4.78, 5) is 4.06. The third kappa shape index (κ3) is 9.76. The Morgan fingerprint density at radius 2 is 0.722 bits per heavy atom. The van der Waals surface area contributed by atoms with Crippen LogP contribution in [0.1, 0.15) is 12.8 Å². The third-order valence-electron chi connectivity index (χ3n) is 2.86. The quantitative estimate of drug-likeness (QED) is 0.298. The lowest BCUT2D eigenvalue weighted by atomic mass is 10.2. The number of aliphatic hydroxyl groups is 4. The van der Waals surface area contributed by atoms with Gasteiger partial charge in [-0.1, -0.05) is 0 Å². The van der Waals surface area contributed by atoms with Crippen LogP contribution in [0.4, 0.5) is 0 Å². The first kappa shape index (κ1) is 17.8. The molecule has 0 aromatic heterocycles. The fraction of sp³-hybridized carbons (Fsp3) is 1.00. The van der Waals surface area contributed by atoms with Gasteiger partial charge in [0.05, 0.1) is 26.4 Å². The van der Waals surface area contributed by atoms with Gasteiger partial charge in [-0.05, 0) is 25.9 Å². The molecule has 0 aromatic rings. The summed E-state index contributed by atoms with van der Waals surface area (Å²) in [6.07, 6.45) is 1.96. The van der Waals surface area contributed by atoms with Gasteiger partial charge in [-0.15, -0.1) is 0 Å². The number of hydrogen-bond acceptors (Lipinski definition) is 6. The van der Waals surface area contributed by atoms with E-state index in [-0.39, 0.29) is 26.4 Å². The van der Waals surface area contributed by atoms with Crippen LogP contribution in [0.25, 0.3) is 0 Å². The molecule has 0 radical (unpaired) electrons. The van der Waals surface area contributed by atoms with Crippen molar-refractivity contribution in [2.24, 2.45) is 0 Å². The van der Waals surface area contributed by atoms with E-state index in [4.69, 9.17) is 20.4 Å². The van der Waals surface area contributed by atoms with Gasteiger partial charge in [-0.2, -0.15) is 0 Å². The highest BCUT2D eigenvalue weighted by atomic mass is 16.3. The van der Waals surface area contributed by atoms with Crippen LogP contribution in [0.5, 0.6) is 0 Å². The summed E-state index contributed by atoms with van der Waals surface area (Å²) in [6.45, 7) is 4.54. The zero-order valence-electron chi connectivity index (χ0n) is 11.2. The predicted octanol–water partition coefficient (Wildman–Crippen LogP) is -1.66. The first-order valence-corrected chi connectivity index (χ1v) is 6.66. The summed E-state index contributed by atoms with van der Waals surface area (Å²) in [7, 11) is 0. The van der Waals surface area contributed by atoms with Crippen LogP contribution < -0.4 is 0 Å². The molecule has 0 saturated carbocycles. The fourth-order valence-corrected chi connectivity index (χ4v) is 1.91. The van der Waals surface area contributed by atoms with E-state index < -0.39 is 0 Å². The Morgan fingerprint density at radius 3 is 0.944 bits per heavy atom. The topological polar surface area (TPSA) is 87.4 Å². The highest BCUT2D eigenvalue weighted by Crippen LogP contribution is 1.98. The molecular formula is C12H28N2O4. The minimum absolute atomic E-state index is 0.112. The summed E-state index contributed by atoms with van der Waals surface area (Å²) in [5.41, 5.74) is 0. The van der Waals surface area contributed by atoms with Crippen LogP contribution >= 0.6 is 0 Å². The molecule has 0 fully saturated rings. The van der Waals surface area contributed by atoms with E-state index in [0.717, 1.165) is 25.9 Å². The number of hydrogen-bond donors (Lipinski definition) is 4. The molecule has 0 aliphatic carbocycles. The van der Waals surface area contributed by atoms with Crippen molar-refractivity contribution < 1.29 is 20.4 Å². The van der Waals surface area contributed by atoms with Gasteiger partial charge in [-0.3, -0.25) is 9.80 Å². The average Bonchev–Trinajstić information content (AvgIpc) is 2.35. The number of aliphatic hydroxyl groups excluding tert-OH is 4. The van der Waals surface area contributed by atoms with Crippen molar-refractivity contribution in [2.75, 3.05) is 65.7 Å². The lowest BCUT2D eigenvalue weighted by Crippen LogP contribution is -2.33. The molecule has 0 amide bonds. The summed E-state index contributed by atoms with van der Waals surface area (Å²) >= 11 is 0. The molecule has 0 aromatic carbocycles. The molecule has 110 valence electrons. The molecule has 0 rings (SSSR count). The number of unbranched alkanes of at least 4 members (excludes halogenated alkanes) is 1. The molecule has 0 spiro atoms. The molecule has 0 aliphatic heterocycles. The van der Waals surface area contributed by atoms with E-state index >= 15 is 0 Å². The van der Waals surface area contributed by atoms with Crippen LogP contribution in [0.2, 0.25) is 0 Å². The molecule has 0 atom stereocenters. The van der Waals surface area contributed by atoms with Gasteiger partial charge in [0.2, 0.25) is 0 Å². The van der Waals surface area contributed by atoms with Crippen LogP contribution in [0.3, 0.4) is 0 Å². The van der Waals surface area contributed by atoms with Crippen molar-refractivity contribution in [1.29, 1.82) is 0 Å². The molecular weight excluding hydrogens is 236 g/mol. The van der Waals surface area contributed by atoms with E-state index in [1.807, 2.05) is 9.80 Å². The van der Waals surface area contributed by atoms with Crippen molar-refractivity contribution in [1.82, 2.24) is 9.80 Å². The zero-order valence-corrected chi connectivity index (χ0v) is 11.2. The molecule has 0 unspecified atom stereocenters. The SMILES string of the molecule is OCCN(CCO)CCCCN(CCO)CCO. The summed E-state index contributed by atoms with van der Waals surface area (Å²) in [5, 5.41) is 35.4. The molecule has 4 N–H and O–H groups in total. The average molecular weight is 264 g/mol. The summed E-state index contributed by atoms with van der Waals surface area (Å²) in [6, 6.07) is 0. The number of rotatable bonds is 13. The third-order valence-corrected chi connectivity index (χ3v) is 2.86. The van der Waals surface area contributed by atoms with E-state index in [2.05, 4.69) is 0 Å². The molecule has 0 saturated heterocycles. The van der Waals surface area contributed by atoms with Gasteiger partial charge in [0.1, 0.15) is 0 Å². The van der Waals surface area contributed by atoms with Gasteiger partial charge < -0.3 is 20.4 Å². The van der Waals surface area contributed by atoms with Crippen molar-refractivity contribution in [3.63, 3.8) is 0 Å². The van der Waals surface area contributed by atoms with Gasteiger partial charge in [-0.25, -0.2) is 0 Å². The van der Waals surface area contributed by atoms with Gasteiger partial charge in [0.15, 0.2) is 0 Å². The molecule has 0 bridgehead atoms. The monoisotopic (exact) mass is 264 g/mol. The minimum atomic E-state index is 0.112. The molecule has 0 aliphatic rings.